The number of benzene rings is 1. The summed E-state index contributed by atoms with van der Waals surface area (Å²) in [6.07, 6.45) is 0.920. The van der Waals surface area contributed by atoms with Crippen molar-refractivity contribution in [2.45, 2.75) is 38.5 Å². The van der Waals surface area contributed by atoms with E-state index >= 15 is 0 Å². The van der Waals surface area contributed by atoms with Crippen molar-refractivity contribution in [2.75, 3.05) is 10.7 Å². The molecule has 0 saturated carbocycles. The van der Waals surface area contributed by atoms with Crippen molar-refractivity contribution in [3.05, 3.63) is 41.3 Å². The fourth-order valence-corrected chi connectivity index (χ4v) is 3.42. The molecule has 1 aromatic carbocycles. The summed E-state index contributed by atoms with van der Waals surface area (Å²) in [4.78, 5) is 18.7. The lowest BCUT2D eigenvalue weighted by atomic mass is 10.1. The number of amides is 1. The van der Waals surface area contributed by atoms with Gasteiger partial charge in [-0.2, -0.15) is 0 Å². The molecular formula is C16H18N2O2S. The normalized spacial score (nSPS) is 17.1. The van der Waals surface area contributed by atoms with Gasteiger partial charge in [0.1, 0.15) is 5.76 Å². The molecule has 21 heavy (non-hydrogen) atoms. The number of carbonyl (C=O) groups is 1. The SMILES string of the molecule is Cc1nc(SCC(=O)N2c3ccccc3C[C@@H]2C)oc1C. The highest BCUT2D eigenvalue weighted by Gasteiger charge is 2.30. The highest BCUT2D eigenvalue weighted by Crippen LogP contribution is 2.32. The summed E-state index contributed by atoms with van der Waals surface area (Å²) in [5, 5.41) is 0.568. The summed E-state index contributed by atoms with van der Waals surface area (Å²) in [6, 6.07) is 8.31. The third-order valence-corrected chi connectivity index (χ3v) is 4.62. The summed E-state index contributed by atoms with van der Waals surface area (Å²) < 4.78 is 5.50. The third kappa shape index (κ3) is 2.70. The Morgan fingerprint density at radius 1 is 1.43 bits per heavy atom. The number of anilines is 1. The molecule has 0 aliphatic carbocycles. The van der Waals surface area contributed by atoms with E-state index in [1.807, 2.05) is 36.9 Å². The molecule has 1 aromatic heterocycles. The molecule has 2 aromatic rings. The van der Waals surface area contributed by atoms with Gasteiger partial charge in [-0.15, -0.1) is 0 Å². The lowest BCUT2D eigenvalue weighted by Gasteiger charge is -2.22. The van der Waals surface area contributed by atoms with E-state index in [2.05, 4.69) is 18.0 Å². The maximum atomic E-state index is 12.5. The maximum Gasteiger partial charge on any atom is 0.256 e. The van der Waals surface area contributed by atoms with E-state index in [1.54, 1.807) is 0 Å². The maximum absolute atomic E-state index is 12.5. The summed E-state index contributed by atoms with van der Waals surface area (Å²) in [5.74, 6) is 1.26. The Hall–Kier alpha value is -1.75. The fourth-order valence-electron chi connectivity index (χ4n) is 2.64. The van der Waals surface area contributed by atoms with Crippen molar-refractivity contribution in [3.63, 3.8) is 0 Å². The number of hydrogen-bond acceptors (Lipinski definition) is 4. The van der Waals surface area contributed by atoms with Crippen LogP contribution in [0.3, 0.4) is 0 Å². The van der Waals surface area contributed by atoms with E-state index in [0.29, 0.717) is 11.0 Å². The van der Waals surface area contributed by atoms with Gasteiger partial charge in [0.2, 0.25) is 5.91 Å². The first-order valence-corrected chi connectivity index (χ1v) is 8.01. The summed E-state index contributed by atoms with van der Waals surface area (Å²) in [6.45, 7) is 5.87. The zero-order chi connectivity index (χ0) is 15.0. The van der Waals surface area contributed by atoms with Crippen LogP contribution in [-0.2, 0) is 11.2 Å². The Kier molecular flexibility index (Phi) is 3.76. The Bertz CT molecular complexity index is 661. The molecule has 0 spiro atoms. The number of nitrogens with zero attached hydrogens (tertiary/aromatic N) is 2. The van der Waals surface area contributed by atoms with Crippen LogP contribution in [0.2, 0.25) is 0 Å². The van der Waals surface area contributed by atoms with Gasteiger partial charge in [-0.05, 0) is 38.8 Å². The van der Waals surface area contributed by atoms with E-state index in [0.717, 1.165) is 23.6 Å². The van der Waals surface area contributed by atoms with Crippen LogP contribution in [0.1, 0.15) is 23.9 Å². The number of aryl methyl sites for hydroxylation is 2. The molecule has 0 saturated heterocycles. The van der Waals surface area contributed by atoms with Crippen LogP contribution in [0.15, 0.2) is 33.9 Å². The quantitative estimate of drug-likeness (QED) is 0.816. The highest BCUT2D eigenvalue weighted by molar-refractivity contribution is 7.99. The number of carbonyl (C=O) groups excluding carboxylic acids is 1. The van der Waals surface area contributed by atoms with E-state index in [9.17, 15) is 4.79 Å². The third-order valence-electron chi connectivity index (χ3n) is 3.80. The van der Waals surface area contributed by atoms with Crippen molar-refractivity contribution >= 4 is 23.4 Å². The van der Waals surface area contributed by atoms with Gasteiger partial charge in [0.25, 0.3) is 5.22 Å². The molecule has 1 aliphatic heterocycles. The number of aromatic nitrogens is 1. The first-order chi connectivity index (χ1) is 10.1. The zero-order valence-corrected chi connectivity index (χ0v) is 13.2. The Balaban J connectivity index is 1.71. The van der Waals surface area contributed by atoms with Crippen molar-refractivity contribution < 1.29 is 9.21 Å². The average molecular weight is 302 g/mol. The van der Waals surface area contributed by atoms with E-state index in [4.69, 9.17) is 4.42 Å². The Labute approximate surface area is 128 Å². The molecule has 1 amide bonds. The largest absolute Gasteiger partial charge is 0.437 e. The lowest BCUT2D eigenvalue weighted by Crippen LogP contribution is -2.36. The van der Waals surface area contributed by atoms with Crippen LogP contribution in [0, 0.1) is 13.8 Å². The van der Waals surface area contributed by atoms with E-state index in [-0.39, 0.29) is 11.9 Å². The Morgan fingerprint density at radius 3 is 2.90 bits per heavy atom. The van der Waals surface area contributed by atoms with Crippen molar-refractivity contribution in [3.8, 4) is 0 Å². The molecular weight excluding hydrogens is 284 g/mol. The van der Waals surface area contributed by atoms with E-state index in [1.165, 1.54) is 17.3 Å². The van der Waals surface area contributed by atoms with Crippen molar-refractivity contribution in [1.82, 2.24) is 4.98 Å². The van der Waals surface area contributed by atoms with Crippen LogP contribution in [0.5, 0.6) is 0 Å². The first kappa shape index (κ1) is 14.2. The summed E-state index contributed by atoms with van der Waals surface area (Å²) in [5.41, 5.74) is 3.16. The van der Waals surface area contributed by atoms with Crippen molar-refractivity contribution in [2.24, 2.45) is 0 Å². The molecule has 110 valence electrons. The molecule has 3 rings (SSSR count). The predicted octanol–water partition coefficient (Wildman–Crippen LogP) is 3.36. The highest BCUT2D eigenvalue weighted by atomic mass is 32.2. The molecule has 4 nitrogen and oxygen atoms in total. The van der Waals surface area contributed by atoms with Gasteiger partial charge in [-0.25, -0.2) is 4.98 Å². The van der Waals surface area contributed by atoms with Gasteiger partial charge >= 0.3 is 0 Å². The van der Waals surface area contributed by atoms with Crippen LogP contribution >= 0.6 is 11.8 Å². The summed E-state index contributed by atoms with van der Waals surface area (Å²) >= 11 is 1.36. The van der Waals surface area contributed by atoms with Gasteiger partial charge in [0, 0.05) is 11.7 Å². The van der Waals surface area contributed by atoms with Gasteiger partial charge < -0.3 is 9.32 Å². The second kappa shape index (κ2) is 5.56. The van der Waals surface area contributed by atoms with Crippen LogP contribution in [0.25, 0.3) is 0 Å². The number of oxazole rings is 1. The van der Waals surface area contributed by atoms with Gasteiger partial charge in [-0.1, -0.05) is 30.0 Å². The van der Waals surface area contributed by atoms with Crippen molar-refractivity contribution in [1.29, 1.82) is 0 Å². The van der Waals surface area contributed by atoms with Crippen LogP contribution in [0.4, 0.5) is 5.69 Å². The fraction of sp³-hybridized carbons (Fsp3) is 0.375. The number of thioether (sulfide) groups is 1. The minimum Gasteiger partial charge on any atom is -0.437 e. The molecule has 0 unspecified atom stereocenters. The van der Waals surface area contributed by atoms with Gasteiger partial charge in [0.05, 0.1) is 11.4 Å². The monoisotopic (exact) mass is 302 g/mol. The molecule has 0 N–H and O–H groups in total. The molecule has 0 radical (unpaired) electrons. The molecule has 5 heteroatoms. The predicted molar refractivity (Wildman–Crippen MR) is 83.8 cm³/mol. The topological polar surface area (TPSA) is 46.3 Å². The minimum atomic E-state index is 0.103. The minimum absolute atomic E-state index is 0.103. The second-order valence-corrected chi connectivity index (χ2v) is 6.28. The zero-order valence-electron chi connectivity index (χ0n) is 12.4. The van der Waals surface area contributed by atoms with Crippen LogP contribution in [-0.4, -0.2) is 22.7 Å². The molecule has 1 aliphatic rings. The summed E-state index contributed by atoms with van der Waals surface area (Å²) in [7, 11) is 0. The standard InChI is InChI=1S/C16H18N2O2S/c1-10-8-13-6-4-5-7-14(13)18(10)15(19)9-21-16-17-11(2)12(3)20-16/h4-7,10H,8-9H2,1-3H3/t10-/m0/s1. The van der Waals surface area contributed by atoms with Gasteiger partial charge in [0.15, 0.2) is 0 Å². The molecule has 2 heterocycles. The molecule has 1 atom stereocenters. The number of para-hydroxylation sites is 1. The number of rotatable bonds is 3. The lowest BCUT2D eigenvalue weighted by molar-refractivity contribution is -0.116. The average Bonchev–Trinajstić information content (AvgIpc) is 2.95. The second-order valence-electron chi connectivity index (χ2n) is 5.36. The van der Waals surface area contributed by atoms with Gasteiger partial charge in [-0.3, -0.25) is 4.79 Å². The Morgan fingerprint density at radius 2 is 2.19 bits per heavy atom. The first-order valence-electron chi connectivity index (χ1n) is 7.03. The molecule has 0 bridgehead atoms. The van der Waals surface area contributed by atoms with Crippen LogP contribution < -0.4 is 4.90 Å². The number of hydrogen-bond donors (Lipinski definition) is 0. The molecule has 0 fully saturated rings. The smallest absolute Gasteiger partial charge is 0.256 e. The number of fused-ring (bicyclic) bond motifs is 1. The van der Waals surface area contributed by atoms with E-state index < -0.39 is 0 Å².